The van der Waals surface area contributed by atoms with Crippen LogP contribution in [0, 0.1) is 17.0 Å². The van der Waals surface area contributed by atoms with Gasteiger partial charge in [0.1, 0.15) is 17.5 Å². The minimum Gasteiger partial charge on any atom is -0.364 e. The lowest BCUT2D eigenvalue weighted by Crippen LogP contribution is -2.07. The minimum atomic E-state index is -0.561. The standard InChI is InChI=1S/C19H19F2N3/c1-12-5-6-19(7-8-19)18(12)16-10-24-17(11-22-16)23-9-13-14(20)3-2-4-15(13)21/h2-4,10-11H,5-9H2,1H3,(H,23,24). The Morgan fingerprint density at radius 1 is 1.08 bits per heavy atom. The van der Waals surface area contributed by atoms with E-state index < -0.39 is 11.6 Å². The van der Waals surface area contributed by atoms with Crippen LogP contribution >= 0.6 is 0 Å². The van der Waals surface area contributed by atoms with Crippen molar-refractivity contribution in [2.45, 2.75) is 39.2 Å². The quantitative estimate of drug-likeness (QED) is 0.883. The van der Waals surface area contributed by atoms with Crippen molar-refractivity contribution in [3.05, 3.63) is 59.1 Å². The Bertz CT molecular complexity index is 788. The van der Waals surface area contributed by atoms with Crippen molar-refractivity contribution in [1.82, 2.24) is 9.97 Å². The highest BCUT2D eigenvalue weighted by Crippen LogP contribution is 2.63. The first-order valence-corrected chi connectivity index (χ1v) is 8.28. The molecular weight excluding hydrogens is 308 g/mol. The molecule has 4 rings (SSSR count). The third-order valence-corrected chi connectivity index (χ3v) is 5.21. The maximum atomic E-state index is 13.6. The van der Waals surface area contributed by atoms with Crippen LogP contribution in [0.2, 0.25) is 0 Å². The third-order valence-electron chi connectivity index (χ3n) is 5.21. The van der Waals surface area contributed by atoms with Crippen molar-refractivity contribution in [1.29, 1.82) is 0 Å². The molecule has 2 aromatic rings. The summed E-state index contributed by atoms with van der Waals surface area (Å²) in [5, 5.41) is 2.94. The lowest BCUT2D eigenvalue weighted by molar-refractivity contribution is 0.560. The number of hydrogen-bond acceptors (Lipinski definition) is 3. The van der Waals surface area contributed by atoms with E-state index in [9.17, 15) is 8.78 Å². The zero-order chi connectivity index (χ0) is 16.7. The monoisotopic (exact) mass is 327 g/mol. The number of hydrogen-bond donors (Lipinski definition) is 1. The Hall–Kier alpha value is -2.30. The van der Waals surface area contributed by atoms with Crippen molar-refractivity contribution in [2.75, 3.05) is 5.32 Å². The average molecular weight is 327 g/mol. The summed E-state index contributed by atoms with van der Waals surface area (Å²) in [5.74, 6) is -0.605. The van der Waals surface area contributed by atoms with Gasteiger partial charge < -0.3 is 5.32 Å². The fraction of sp³-hybridized carbons (Fsp3) is 0.368. The Kier molecular flexibility index (Phi) is 3.59. The highest BCUT2D eigenvalue weighted by molar-refractivity contribution is 5.75. The van der Waals surface area contributed by atoms with Crippen LogP contribution in [0.3, 0.4) is 0 Å². The first-order chi connectivity index (χ1) is 11.6. The molecule has 124 valence electrons. The van der Waals surface area contributed by atoms with Crippen molar-refractivity contribution in [3.8, 4) is 0 Å². The molecular formula is C19H19F2N3. The van der Waals surface area contributed by atoms with Gasteiger partial charge in [0, 0.05) is 12.1 Å². The number of halogens is 2. The molecule has 24 heavy (non-hydrogen) atoms. The maximum Gasteiger partial charge on any atom is 0.144 e. The van der Waals surface area contributed by atoms with Gasteiger partial charge in [-0.1, -0.05) is 11.6 Å². The van der Waals surface area contributed by atoms with Gasteiger partial charge in [0.25, 0.3) is 0 Å². The highest BCUT2D eigenvalue weighted by atomic mass is 19.1. The molecule has 0 bridgehead atoms. The molecule has 1 heterocycles. The zero-order valence-corrected chi connectivity index (χ0v) is 13.6. The molecule has 0 saturated heterocycles. The van der Waals surface area contributed by atoms with Gasteiger partial charge in [-0.2, -0.15) is 0 Å². The van der Waals surface area contributed by atoms with Gasteiger partial charge in [-0.25, -0.2) is 13.8 Å². The van der Waals surface area contributed by atoms with E-state index in [1.807, 2.05) is 0 Å². The van der Waals surface area contributed by atoms with E-state index in [4.69, 9.17) is 0 Å². The third kappa shape index (κ3) is 2.58. The predicted octanol–water partition coefficient (Wildman–Crippen LogP) is 4.71. The fourth-order valence-electron chi connectivity index (χ4n) is 3.70. The van der Waals surface area contributed by atoms with Crippen LogP contribution in [0.25, 0.3) is 5.57 Å². The van der Waals surface area contributed by atoms with Gasteiger partial charge in [0.15, 0.2) is 0 Å². The van der Waals surface area contributed by atoms with Gasteiger partial charge in [0.2, 0.25) is 0 Å². The molecule has 0 atom stereocenters. The summed E-state index contributed by atoms with van der Waals surface area (Å²) in [6, 6.07) is 3.85. The van der Waals surface area contributed by atoms with E-state index in [-0.39, 0.29) is 12.1 Å². The molecule has 1 aromatic heterocycles. The average Bonchev–Trinajstić information content (AvgIpc) is 3.27. The number of nitrogens with one attached hydrogen (secondary N) is 1. The summed E-state index contributed by atoms with van der Waals surface area (Å²) in [5.41, 5.74) is 4.07. The van der Waals surface area contributed by atoms with Crippen LogP contribution in [-0.4, -0.2) is 9.97 Å². The minimum absolute atomic E-state index is 0.00894. The smallest absolute Gasteiger partial charge is 0.144 e. The summed E-state index contributed by atoms with van der Waals surface area (Å²) < 4.78 is 27.3. The summed E-state index contributed by atoms with van der Waals surface area (Å²) in [4.78, 5) is 8.91. The van der Waals surface area contributed by atoms with E-state index in [0.29, 0.717) is 11.2 Å². The van der Waals surface area contributed by atoms with Crippen molar-refractivity contribution >= 4 is 11.4 Å². The van der Waals surface area contributed by atoms with E-state index in [2.05, 4.69) is 22.2 Å². The van der Waals surface area contributed by atoms with E-state index in [0.717, 1.165) is 12.1 Å². The van der Waals surface area contributed by atoms with Crippen LogP contribution in [0.1, 0.15) is 43.9 Å². The molecule has 2 aliphatic carbocycles. The summed E-state index contributed by atoms with van der Waals surface area (Å²) >= 11 is 0. The van der Waals surface area contributed by atoms with Crippen LogP contribution < -0.4 is 5.32 Å². The summed E-state index contributed by atoms with van der Waals surface area (Å²) in [7, 11) is 0. The highest BCUT2D eigenvalue weighted by Gasteiger charge is 2.50. The number of anilines is 1. The molecule has 0 aliphatic heterocycles. The Balaban J connectivity index is 1.50. The molecule has 3 nitrogen and oxygen atoms in total. The topological polar surface area (TPSA) is 37.8 Å². The van der Waals surface area contributed by atoms with Crippen molar-refractivity contribution < 1.29 is 8.78 Å². The normalized spacial score (nSPS) is 18.3. The molecule has 0 radical (unpaired) electrons. The molecule has 0 unspecified atom stereocenters. The molecule has 5 heteroatoms. The van der Waals surface area contributed by atoms with E-state index >= 15 is 0 Å². The van der Waals surface area contributed by atoms with Gasteiger partial charge >= 0.3 is 0 Å². The lowest BCUT2D eigenvalue weighted by Gasteiger charge is -2.13. The van der Waals surface area contributed by atoms with Gasteiger partial charge in [-0.3, -0.25) is 4.98 Å². The number of nitrogens with zero attached hydrogens (tertiary/aromatic N) is 2. The first-order valence-electron chi connectivity index (χ1n) is 8.28. The second-order valence-electron chi connectivity index (χ2n) is 6.78. The van der Waals surface area contributed by atoms with Crippen LogP contribution in [0.5, 0.6) is 0 Å². The first kappa shape index (κ1) is 15.2. The molecule has 1 N–H and O–H groups in total. The second kappa shape index (κ2) is 5.65. The molecule has 0 amide bonds. The molecule has 1 spiro atoms. The van der Waals surface area contributed by atoms with Gasteiger partial charge in [-0.15, -0.1) is 0 Å². The SMILES string of the molecule is CC1=C(c2cnc(NCc3c(F)cccc3F)cn2)C2(CC1)CC2. The molecule has 1 aromatic carbocycles. The second-order valence-corrected chi connectivity index (χ2v) is 6.78. The molecule has 1 saturated carbocycles. The Morgan fingerprint density at radius 2 is 1.83 bits per heavy atom. The number of aromatic nitrogens is 2. The van der Waals surface area contributed by atoms with Gasteiger partial charge in [-0.05, 0) is 55.7 Å². The van der Waals surface area contributed by atoms with Crippen molar-refractivity contribution in [3.63, 3.8) is 0 Å². The summed E-state index contributed by atoms with van der Waals surface area (Å²) in [6.07, 6.45) is 8.26. The summed E-state index contributed by atoms with van der Waals surface area (Å²) in [6.45, 7) is 2.22. The largest absolute Gasteiger partial charge is 0.364 e. The number of rotatable bonds is 4. The lowest BCUT2D eigenvalue weighted by atomic mass is 9.95. The molecule has 2 aliphatic rings. The van der Waals surface area contributed by atoms with Crippen molar-refractivity contribution in [2.24, 2.45) is 5.41 Å². The number of benzene rings is 1. The maximum absolute atomic E-state index is 13.6. The zero-order valence-electron chi connectivity index (χ0n) is 13.6. The van der Waals surface area contributed by atoms with E-state index in [1.165, 1.54) is 48.6 Å². The van der Waals surface area contributed by atoms with Crippen LogP contribution in [-0.2, 0) is 6.54 Å². The van der Waals surface area contributed by atoms with Crippen LogP contribution in [0.4, 0.5) is 14.6 Å². The van der Waals surface area contributed by atoms with Crippen LogP contribution in [0.15, 0.2) is 36.2 Å². The Morgan fingerprint density at radius 3 is 2.46 bits per heavy atom. The number of allylic oxidation sites excluding steroid dienone is 2. The van der Waals surface area contributed by atoms with E-state index in [1.54, 1.807) is 12.4 Å². The molecule has 1 fully saturated rings. The Labute approximate surface area is 139 Å². The fourth-order valence-corrected chi connectivity index (χ4v) is 3.70. The van der Waals surface area contributed by atoms with Gasteiger partial charge in [0.05, 0.1) is 18.1 Å². The predicted molar refractivity (Wildman–Crippen MR) is 89.2 cm³/mol.